The second-order valence-electron chi connectivity index (χ2n) is 15.5. The zero-order chi connectivity index (χ0) is 35.4. The molecule has 4 aromatic rings. The molecule has 6 heteroatoms. The Kier molecular flexibility index (Phi) is 9.25. The van der Waals surface area contributed by atoms with Gasteiger partial charge in [-0.2, -0.15) is 0 Å². The minimum Gasteiger partial charge on any atom is -0.490 e. The molecule has 3 fully saturated rings. The summed E-state index contributed by atoms with van der Waals surface area (Å²) in [6.07, 6.45) is 0.293. The van der Waals surface area contributed by atoms with Gasteiger partial charge in [0.2, 0.25) is 0 Å². The highest BCUT2D eigenvalue weighted by Gasteiger charge is 2.46. The van der Waals surface area contributed by atoms with Gasteiger partial charge in [0.25, 0.3) is 0 Å². The van der Waals surface area contributed by atoms with E-state index in [-0.39, 0.29) is 29.8 Å². The molecule has 6 nitrogen and oxygen atoms in total. The van der Waals surface area contributed by atoms with Gasteiger partial charge >= 0.3 is 0 Å². The molecule has 0 aliphatic carbocycles. The molecule has 3 aliphatic rings. The molecular formula is C44H52O6. The Balaban J connectivity index is 1.22. The van der Waals surface area contributed by atoms with Gasteiger partial charge < -0.3 is 28.4 Å². The van der Waals surface area contributed by atoms with Crippen molar-refractivity contribution in [2.45, 2.75) is 97.6 Å². The maximum absolute atomic E-state index is 7.10. The predicted molar refractivity (Wildman–Crippen MR) is 197 cm³/mol. The SMILES string of the molecule is Cc1cc(C(C)(c2ccccc2)c2cc(C)c(OC(C3CO3)C(C)(C)c3cc(C)c(OCC4CO4)c(C)c3)c(C)c2)cc(C)c1OCC1CO1. The van der Waals surface area contributed by atoms with Crippen LogP contribution >= 0.6 is 0 Å². The highest BCUT2D eigenvalue weighted by Crippen LogP contribution is 2.45. The van der Waals surface area contributed by atoms with Gasteiger partial charge in [-0.25, -0.2) is 0 Å². The average Bonchev–Trinajstić information content (AvgIpc) is 3.92. The highest BCUT2D eigenvalue weighted by molar-refractivity contribution is 5.57. The summed E-state index contributed by atoms with van der Waals surface area (Å²) in [7, 11) is 0. The number of benzene rings is 4. The quantitative estimate of drug-likeness (QED) is 0.0985. The van der Waals surface area contributed by atoms with Crippen LogP contribution in [0.5, 0.6) is 17.2 Å². The summed E-state index contributed by atoms with van der Waals surface area (Å²) in [5.41, 5.74) is 10.9. The highest BCUT2D eigenvalue weighted by atomic mass is 16.6. The number of ether oxygens (including phenoxy) is 6. The first-order chi connectivity index (χ1) is 23.9. The van der Waals surface area contributed by atoms with Crippen molar-refractivity contribution >= 4 is 0 Å². The molecule has 0 radical (unpaired) electrons. The third-order valence-electron chi connectivity index (χ3n) is 10.9. The molecule has 4 aromatic carbocycles. The van der Waals surface area contributed by atoms with Gasteiger partial charge in [0.05, 0.1) is 19.8 Å². The second kappa shape index (κ2) is 13.4. The number of hydrogen-bond donors (Lipinski definition) is 0. The van der Waals surface area contributed by atoms with Crippen molar-refractivity contribution in [3.05, 3.63) is 122 Å². The van der Waals surface area contributed by atoms with E-state index in [4.69, 9.17) is 28.4 Å². The van der Waals surface area contributed by atoms with E-state index in [2.05, 4.69) is 129 Å². The molecule has 3 aliphatic heterocycles. The monoisotopic (exact) mass is 676 g/mol. The minimum absolute atomic E-state index is 0.0276. The van der Waals surface area contributed by atoms with Crippen LogP contribution < -0.4 is 14.2 Å². The molecule has 7 rings (SSSR count). The number of epoxide rings is 3. The van der Waals surface area contributed by atoms with Crippen LogP contribution in [0.25, 0.3) is 0 Å². The first kappa shape index (κ1) is 34.6. The Hall–Kier alpha value is -3.84. The van der Waals surface area contributed by atoms with Gasteiger partial charge in [-0.3, -0.25) is 0 Å². The van der Waals surface area contributed by atoms with Crippen LogP contribution in [0.4, 0.5) is 0 Å². The standard InChI is InChI=1S/C44H52O6/c1-26-15-33(16-27(2)39(26)48-23-36-21-45-36)43(7,8)42(38-25-47-38)50-41-30(5)19-35(20-31(41)6)44(9,32-13-11-10-12-14-32)34-17-28(3)40(29(4)18-34)49-24-37-22-46-37/h10-20,36-38,42H,21-25H2,1-9H3. The fourth-order valence-corrected chi connectivity index (χ4v) is 7.60. The summed E-state index contributed by atoms with van der Waals surface area (Å²) in [5.74, 6) is 2.82. The van der Waals surface area contributed by atoms with Crippen LogP contribution in [0, 0.1) is 41.5 Å². The summed E-state index contributed by atoms with van der Waals surface area (Å²) in [6.45, 7) is 23.2. The zero-order valence-electron chi connectivity index (χ0n) is 31.1. The molecule has 5 unspecified atom stereocenters. The van der Waals surface area contributed by atoms with Crippen molar-refractivity contribution in [1.29, 1.82) is 0 Å². The fraction of sp³-hybridized carbons (Fsp3) is 0.455. The summed E-state index contributed by atoms with van der Waals surface area (Å²) < 4.78 is 36.2. The third kappa shape index (κ3) is 6.90. The molecule has 264 valence electrons. The number of rotatable bonds is 14. The van der Waals surface area contributed by atoms with Crippen LogP contribution in [0.2, 0.25) is 0 Å². The Bertz CT molecular complexity index is 1800. The smallest absolute Gasteiger partial charge is 0.136 e. The van der Waals surface area contributed by atoms with Crippen molar-refractivity contribution < 1.29 is 28.4 Å². The van der Waals surface area contributed by atoms with Gasteiger partial charge in [-0.15, -0.1) is 0 Å². The van der Waals surface area contributed by atoms with Gasteiger partial charge in [0.15, 0.2) is 0 Å². The predicted octanol–water partition coefficient (Wildman–Crippen LogP) is 8.57. The van der Waals surface area contributed by atoms with E-state index in [1.54, 1.807) is 0 Å². The summed E-state index contributed by atoms with van der Waals surface area (Å²) in [4.78, 5) is 0. The largest absolute Gasteiger partial charge is 0.490 e. The van der Waals surface area contributed by atoms with Crippen LogP contribution in [0.1, 0.15) is 76.4 Å². The summed E-state index contributed by atoms with van der Waals surface area (Å²) in [6, 6.07) is 24.5. The minimum atomic E-state index is -0.411. The van der Waals surface area contributed by atoms with E-state index >= 15 is 0 Å². The van der Waals surface area contributed by atoms with Crippen molar-refractivity contribution in [2.75, 3.05) is 33.0 Å². The lowest BCUT2D eigenvalue weighted by molar-refractivity contribution is 0.0914. The zero-order valence-corrected chi connectivity index (χ0v) is 31.1. The Morgan fingerprint density at radius 2 is 0.960 bits per heavy atom. The van der Waals surface area contributed by atoms with E-state index < -0.39 is 5.41 Å². The lowest BCUT2D eigenvalue weighted by Crippen LogP contribution is -2.43. The van der Waals surface area contributed by atoms with Crippen molar-refractivity contribution in [3.8, 4) is 17.2 Å². The van der Waals surface area contributed by atoms with Crippen molar-refractivity contribution in [2.24, 2.45) is 0 Å². The summed E-state index contributed by atoms with van der Waals surface area (Å²) in [5, 5.41) is 0. The Morgan fingerprint density at radius 3 is 1.36 bits per heavy atom. The van der Waals surface area contributed by atoms with Crippen LogP contribution in [0.3, 0.4) is 0 Å². The fourth-order valence-electron chi connectivity index (χ4n) is 7.60. The van der Waals surface area contributed by atoms with Gasteiger partial charge in [-0.1, -0.05) is 80.6 Å². The molecule has 0 spiro atoms. The lowest BCUT2D eigenvalue weighted by atomic mass is 9.69. The van der Waals surface area contributed by atoms with Crippen LogP contribution in [-0.4, -0.2) is 57.5 Å². The molecule has 3 heterocycles. The van der Waals surface area contributed by atoms with Crippen molar-refractivity contribution in [1.82, 2.24) is 0 Å². The molecule has 0 amide bonds. The molecular weight excluding hydrogens is 624 g/mol. The maximum Gasteiger partial charge on any atom is 0.136 e. The van der Waals surface area contributed by atoms with E-state index in [0.717, 1.165) is 63.8 Å². The van der Waals surface area contributed by atoms with E-state index in [1.807, 2.05) is 0 Å². The Morgan fingerprint density at radius 1 is 0.560 bits per heavy atom. The van der Waals surface area contributed by atoms with Crippen LogP contribution in [-0.2, 0) is 25.0 Å². The molecule has 0 saturated carbocycles. The van der Waals surface area contributed by atoms with E-state index in [0.29, 0.717) is 19.8 Å². The normalized spacial score (nSPS) is 21.3. The first-order valence-corrected chi connectivity index (χ1v) is 18.0. The number of hydrogen-bond acceptors (Lipinski definition) is 6. The van der Waals surface area contributed by atoms with Gasteiger partial charge in [0.1, 0.15) is 54.9 Å². The molecule has 3 saturated heterocycles. The van der Waals surface area contributed by atoms with Gasteiger partial charge in [-0.05, 0) is 104 Å². The molecule has 0 bridgehead atoms. The Labute approximate surface area is 298 Å². The number of aryl methyl sites for hydroxylation is 6. The topological polar surface area (TPSA) is 65.3 Å². The molecule has 0 N–H and O–H groups in total. The van der Waals surface area contributed by atoms with Crippen LogP contribution in [0.15, 0.2) is 66.7 Å². The maximum atomic E-state index is 7.10. The van der Waals surface area contributed by atoms with Gasteiger partial charge in [0, 0.05) is 10.8 Å². The van der Waals surface area contributed by atoms with Crippen molar-refractivity contribution in [3.63, 3.8) is 0 Å². The average molecular weight is 677 g/mol. The van der Waals surface area contributed by atoms with E-state index in [1.165, 1.54) is 22.3 Å². The summed E-state index contributed by atoms with van der Waals surface area (Å²) >= 11 is 0. The first-order valence-electron chi connectivity index (χ1n) is 18.0. The second-order valence-corrected chi connectivity index (χ2v) is 15.5. The van der Waals surface area contributed by atoms with E-state index in [9.17, 15) is 0 Å². The molecule has 0 aromatic heterocycles. The molecule has 5 atom stereocenters. The molecule has 50 heavy (non-hydrogen) atoms. The lowest BCUT2D eigenvalue weighted by Gasteiger charge is -2.37. The third-order valence-corrected chi connectivity index (χ3v) is 10.9.